The molecule has 1 amide bonds. The summed E-state index contributed by atoms with van der Waals surface area (Å²) in [7, 11) is 0. The fourth-order valence-corrected chi connectivity index (χ4v) is 1.94. The van der Waals surface area contributed by atoms with Crippen LogP contribution in [0.1, 0.15) is 13.8 Å². The molecule has 0 spiro atoms. The summed E-state index contributed by atoms with van der Waals surface area (Å²) in [5.41, 5.74) is 0.829. The number of ether oxygens (including phenoxy) is 2. The van der Waals surface area contributed by atoms with Gasteiger partial charge in [0.25, 0.3) is 5.91 Å². The summed E-state index contributed by atoms with van der Waals surface area (Å²) in [5, 5.41) is 0. The van der Waals surface area contributed by atoms with Crippen LogP contribution in [0, 0.1) is 0 Å². The van der Waals surface area contributed by atoms with Crippen LogP contribution in [0.4, 0.5) is 5.69 Å². The number of hydrogen-bond donors (Lipinski definition) is 0. The van der Waals surface area contributed by atoms with Crippen LogP contribution >= 0.6 is 0 Å². The molecule has 1 aliphatic rings. The minimum absolute atomic E-state index is 0.0115. The number of amides is 1. The van der Waals surface area contributed by atoms with Crippen molar-refractivity contribution in [1.82, 2.24) is 0 Å². The van der Waals surface area contributed by atoms with Crippen LogP contribution in [-0.4, -0.2) is 31.8 Å². The van der Waals surface area contributed by atoms with E-state index >= 15 is 0 Å². The van der Waals surface area contributed by atoms with Gasteiger partial charge in [0.15, 0.2) is 0 Å². The molecule has 1 atom stereocenters. The van der Waals surface area contributed by atoms with E-state index in [2.05, 4.69) is 0 Å². The van der Waals surface area contributed by atoms with Gasteiger partial charge < -0.3 is 14.4 Å². The fraction of sp³-hybridized carbons (Fsp3) is 0.462. The molecule has 0 N–H and O–H groups in total. The molecular formula is C13H17NO3. The Kier molecular flexibility index (Phi) is 3.64. The van der Waals surface area contributed by atoms with Gasteiger partial charge in [-0.3, -0.25) is 4.79 Å². The van der Waals surface area contributed by atoms with Gasteiger partial charge in [-0.05, 0) is 26.0 Å². The highest BCUT2D eigenvalue weighted by Crippen LogP contribution is 2.31. The van der Waals surface area contributed by atoms with Crippen LogP contribution in [0.2, 0.25) is 0 Å². The van der Waals surface area contributed by atoms with Crippen molar-refractivity contribution in [2.75, 3.05) is 24.7 Å². The predicted octanol–water partition coefficient (Wildman–Crippen LogP) is 1.84. The molecule has 1 heterocycles. The average molecular weight is 235 g/mol. The zero-order valence-corrected chi connectivity index (χ0v) is 10.2. The summed E-state index contributed by atoms with van der Waals surface area (Å²) >= 11 is 0. The first kappa shape index (κ1) is 11.9. The van der Waals surface area contributed by atoms with E-state index in [0.29, 0.717) is 19.8 Å². The summed E-state index contributed by atoms with van der Waals surface area (Å²) in [5.74, 6) is 0.749. The smallest absolute Gasteiger partial charge is 0.256 e. The molecule has 92 valence electrons. The number of para-hydroxylation sites is 2. The Balaban J connectivity index is 2.20. The molecule has 1 aromatic carbocycles. The Morgan fingerprint density at radius 2 is 2.29 bits per heavy atom. The molecule has 1 unspecified atom stereocenters. The Bertz CT molecular complexity index is 405. The maximum Gasteiger partial charge on any atom is 0.256 e. The normalized spacial score (nSPS) is 16.0. The zero-order chi connectivity index (χ0) is 12.3. The number of hydrogen-bond acceptors (Lipinski definition) is 3. The van der Waals surface area contributed by atoms with Crippen LogP contribution in [0.25, 0.3) is 0 Å². The van der Waals surface area contributed by atoms with Gasteiger partial charge in [-0.25, -0.2) is 0 Å². The Hall–Kier alpha value is -1.55. The molecule has 4 heteroatoms. The molecule has 0 bridgehead atoms. The van der Waals surface area contributed by atoms with Gasteiger partial charge in [0, 0.05) is 6.61 Å². The Morgan fingerprint density at radius 1 is 1.53 bits per heavy atom. The van der Waals surface area contributed by atoms with E-state index in [9.17, 15) is 4.79 Å². The lowest BCUT2D eigenvalue weighted by atomic mass is 10.2. The van der Waals surface area contributed by atoms with Crippen molar-refractivity contribution < 1.29 is 14.3 Å². The summed E-state index contributed by atoms with van der Waals surface area (Å²) in [6.45, 7) is 5.31. The SMILES string of the molecule is CCOC(C)C(=O)N1CCOc2ccccc21. The van der Waals surface area contributed by atoms with Crippen LogP contribution in [-0.2, 0) is 9.53 Å². The Morgan fingerprint density at radius 3 is 3.06 bits per heavy atom. The maximum atomic E-state index is 12.2. The zero-order valence-electron chi connectivity index (χ0n) is 10.2. The van der Waals surface area contributed by atoms with E-state index in [1.807, 2.05) is 31.2 Å². The van der Waals surface area contributed by atoms with Crippen molar-refractivity contribution in [2.45, 2.75) is 20.0 Å². The minimum atomic E-state index is -0.411. The molecule has 1 aliphatic heterocycles. The van der Waals surface area contributed by atoms with Crippen LogP contribution < -0.4 is 9.64 Å². The third-order valence-corrected chi connectivity index (χ3v) is 2.76. The highest BCUT2D eigenvalue weighted by Gasteiger charge is 2.27. The van der Waals surface area contributed by atoms with Gasteiger partial charge in [-0.2, -0.15) is 0 Å². The summed E-state index contributed by atoms with van der Waals surface area (Å²) in [6.07, 6.45) is -0.411. The number of fused-ring (bicyclic) bond motifs is 1. The molecule has 0 saturated carbocycles. The summed E-state index contributed by atoms with van der Waals surface area (Å²) < 4.78 is 10.8. The lowest BCUT2D eigenvalue weighted by molar-refractivity contribution is -0.129. The van der Waals surface area contributed by atoms with Gasteiger partial charge >= 0.3 is 0 Å². The predicted molar refractivity (Wildman–Crippen MR) is 65.4 cm³/mol. The standard InChI is InChI=1S/C13H17NO3/c1-3-16-10(2)13(15)14-8-9-17-12-7-5-4-6-11(12)14/h4-7,10H,3,8-9H2,1-2H3. The van der Waals surface area contributed by atoms with Gasteiger partial charge in [-0.1, -0.05) is 12.1 Å². The molecule has 0 fully saturated rings. The highest BCUT2D eigenvalue weighted by atomic mass is 16.5. The number of carbonyl (C=O) groups is 1. The molecule has 4 nitrogen and oxygen atoms in total. The van der Waals surface area contributed by atoms with E-state index in [4.69, 9.17) is 9.47 Å². The second-order valence-corrected chi connectivity index (χ2v) is 3.90. The first-order valence-corrected chi connectivity index (χ1v) is 5.89. The Labute approximate surface area is 101 Å². The lowest BCUT2D eigenvalue weighted by Crippen LogP contribution is -2.43. The minimum Gasteiger partial charge on any atom is -0.490 e. The second-order valence-electron chi connectivity index (χ2n) is 3.90. The van der Waals surface area contributed by atoms with Crippen molar-refractivity contribution in [3.8, 4) is 5.75 Å². The fourth-order valence-electron chi connectivity index (χ4n) is 1.94. The van der Waals surface area contributed by atoms with Gasteiger partial charge in [-0.15, -0.1) is 0 Å². The number of benzene rings is 1. The molecule has 0 saturated heterocycles. The van der Waals surface area contributed by atoms with Crippen molar-refractivity contribution in [1.29, 1.82) is 0 Å². The van der Waals surface area contributed by atoms with Crippen LogP contribution in [0.3, 0.4) is 0 Å². The highest BCUT2D eigenvalue weighted by molar-refractivity contribution is 5.98. The van der Waals surface area contributed by atoms with E-state index in [1.54, 1.807) is 11.8 Å². The van der Waals surface area contributed by atoms with Crippen molar-refractivity contribution in [3.05, 3.63) is 24.3 Å². The number of anilines is 1. The first-order chi connectivity index (χ1) is 8.24. The molecular weight excluding hydrogens is 218 g/mol. The molecule has 0 aromatic heterocycles. The lowest BCUT2D eigenvalue weighted by Gasteiger charge is -2.31. The molecule has 2 rings (SSSR count). The summed E-state index contributed by atoms with van der Waals surface area (Å²) in [6, 6.07) is 7.57. The first-order valence-electron chi connectivity index (χ1n) is 5.89. The molecule has 17 heavy (non-hydrogen) atoms. The van der Waals surface area contributed by atoms with Crippen LogP contribution in [0.5, 0.6) is 5.75 Å². The van der Waals surface area contributed by atoms with E-state index in [1.165, 1.54) is 0 Å². The van der Waals surface area contributed by atoms with E-state index in [-0.39, 0.29) is 5.91 Å². The average Bonchev–Trinajstić information content (AvgIpc) is 2.37. The van der Waals surface area contributed by atoms with Crippen LogP contribution in [0.15, 0.2) is 24.3 Å². The molecule has 1 aromatic rings. The topological polar surface area (TPSA) is 38.8 Å². The number of rotatable bonds is 3. The van der Waals surface area contributed by atoms with E-state index in [0.717, 1.165) is 11.4 Å². The molecule has 0 aliphatic carbocycles. The van der Waals surface area contributed by atoms with Gasteiger partial charge in [0.05, 0.1) is 12.2 Å². The van der Waals surface area contributed by atoms with Crippen molar-refractivity contribution in [3.63, 3.8) is 0 Å². The monoisotopic (exact) mass is 235 g/mol. The summed E-state index contributed by atoms with van der Waals surface area (Å²) in [4.78, 5) is 13.9. The third kappa shape index (κ3) is 2.42. The maximum absolute atomic E-state index is 12.2. The second kappa shape index (κ2) is 5.19. The van der Waals surface area contributed by atoms with Crippen molar-refractivity contribution >= 4 is 11.6 Å². The number of nitrogens with zero attached hydrogens (tertiary/aromatic N) is 1. The van der Waals surface area contributed by atoms with Gasteiger partial charge in [0.2, 0.25) is 0 Å². The largest absolute Gasteiger partial charge is 0.490 e. The quantitative estimate of drug-likeness (QED) is 0.802. The van der Waals surface area contributed by atoms with E-state index < -0.39 is 6.10 Å². The van der Waals surface area contributed by atoms with Gasteiger partial charge in [0.1, 0.15) is 18.5 Å². The molecule has 0 radical (unpaired) electrons. The van der Waals surface area contributed by atoms with Crippen molar-refractivity contribution in [2.24, 2.45) is 0 Å². The number of carbonyl (C=O) groups excluding carboxylic acids is 1. The third-order valence-electron chi connectivity index (χ3n) is 2.76.